The Morgan fingerprint density at radius 3 is 1.44 bits per heavy atom. The van der Waals surface area contributed by atoms with Crippen molar-refractivity contribution in [1.82, 2.24) is 19.8 Å². The maximum absolute atomic E-state index is 13.6. The largest absolute Gasteiger partial charge is 0.459 e. The number of anilines is 2. The normalized spacial score (nSPS) is 19.1. The topological polar surface area (TPSA) is 207 Å². The summed E-state index contributed by atoms with van der Waals surface area (Å²) in [6, 6.07) is 17.6. The van der Waals surface area contributed by atoms with E-state index in [4.69, 9.17) is 18.3 Å². The van der Waals surface area contributed by atoms with Crippen LogP contribution in [-0.2, 0) is 31.9 Å². The quantitative estimate of drug-likeness (QED) is 0.119. The third kappa shape index (κ3) is 7.24. The van der Waals surface area contributed by atoms with Gasteiger partial charge in [-0.15, -0.1) is 0 Å². The fraction of sp³-hybridized carbons (Fsp3) is 0.300. The first kappa shape index (κ1) is 37.2. The first-order valence-corrected chi connectivity index (χ1v) is 17.8. The van der Waals surface area contributed by atoms with Crippen LogP contribution in [0.2, 0.25) is 0 Å². The molecule has 8 rings (SSSR count). The molecule has 0 aliphatic heterocycles. The van der Waals surface area contributed by atoms with Crippen LogP contribution in [-0.4, -0.2) is 89.3 Å². The average Bonchev–Trinajstić information content (AvgIpc) is 3.98. The molecule has 6 aromatic rings. The highest BCUT2D eigenvalue weighted by Gasteiger charge is 2.38. The second kappa shape index (κ2) is 14.9. The number of carbonyl (C=O) groups excluding carboxylic acids is 4. The van der Waals surface area contributed by atoms with E-state index in [2.05, 4.69) is 30.4 Å². The summed E-state index contributed by atoms with van der Waals surface area (Å²) in [5, 5.41) is 7.51. The molecular weight excluding hydrogens is 708 g/mol. The lowest BCUT2D eigenvalue weighted by Gasteiger charge is -2.34. The number of carbonyl (C=O) groups is 4. The predicted molar refractivity (Wildman–Crippen MR) is 203 cm³/mol. The summed E-state index contributed by atoms with van der Waals surface area (Å²) in [5.74, 6) is -2.50. The van der Waals surface area contributed by atoms with Gasteiger partial charge in [-0.1, -0.05) is 0 Å². The zero-order valence-corrected chi connectivity index (χ0v) is 30.7. The maximum Gasteiger partial charge on any atom is 0.418 e. The Balaban J connectivity index is 0.00000465. The zero-order valence-electron chi connectivity index (χ0n) is 30.7. The van der Waals surface area contributed by atoms with Gasteiger partial charge in [0, 0.05) is 58.1 Å². The molecule has 15 nitrogen and oxygen atoms in total. The Labute approximate surface area is 315 Å². The van der Waals surface area contributed by atoms with Crippen molar-refractivity contribution in [3.8, 4) is 0 Å². The fourth-order valence-electron chi connectivity index (χ4n) is 7.61. The number of rotatable bonds is 8. The minimum Gasteiger partial charge on any atom is -0.459 e. The predicted octanol–water partition coefficient (Wildman–Crippen LogP) is 5.14. The Morgan fingerprint density at radius 2 is 1.07 bits per heavy atom. The number of nitrogens with zero attached hydrogens (tertiary/aromatic N) is 2. The average molecular weight is 751 g/mol. The molecule has 2 aromatic carbocycles. The Kier molecular flexibility index (Phi) is 10.1. The molecule has 0 saturated heterocycles. The maximum atomic E-state index is 13.6. The number of benzene rings is 2. The van der Waals surface area contributed by atoms with Crippen molar-refractivity contribution in [3.05, 3.63) is 107 Å². The molecular formula is C40H42N6O9. The highest BCUT2D eigenvalue weighted by molar-refractivity contribution is 6.29. The summed E-state index contributed by atoms with van der Waals surface area (Å²) in [6.45, 7) is 0. The molecule has 4 unspecified atom stereocenters. The van der Waals surface area contributed by atoms with E-state index >= 15 is 0 Å². The van der Waals surface area contributed by atoms with Gasteiger partial charge in [0.1, 0.15) is 12.2 Å². The number of aromatic amines is 2. The van der Waals surface area contributed by atoms with E-state index in [0.717, 1.165) is 32.9 Å². The third-order valence-electron chi connectivity index (χ3n) is 10.5. The van der Waals surface area contributed by atoms with Gasteiger partial charge in [-0.3, -0.25) is 9.59 Å². The molecule has 4 atom stereocenters. The molecule has 0 radical (unpaired) electrons. The molecule has 0 saturated carbocycles. The second-order valence-corrected chi connectivity index (χ2v) is 14.3. The van der Waals surface area contributed by atoms with Crippen molar-refractivity contribution in [2.45, 2.75) is 50.0 Å². The smallest absolute Gasteiger partial charge is 0.418 e. The number of nitrogens with one attached hydrogen (secondary N) is 4. The summed E-state index contributed by atoms with van der Waals surface area (Å²) in [6.07, 6.45) is 3.67. The van der Waals surface area contributed by atoms with Crippen LogP contribution in [0.1, 0.15) is 68.7 Å². The number of furan rings is 2. The van der Waals surface area contributed by atoms with Gasteiger partial charge in [0.2, 0.25) is 0 Å². The first-order chi connectivity index (χ1) is 26.0. The summed E-state index contributed by atoms with van der Waals surface area (Å²) in [7, 11) is 7.85. The van der Waals surface area contributed by atoms with E-state index in [1.54, 1.807) is 36.4 Å². The van der Waals surface area contributed by atoms with Gasteiger partial charge in [-0.25, -0.2) is 9.59 Å². The van der Waals surface area contributed by atoms with Crippen LogP contribution in [0.25, 0.3) is 21.8 Å². The van der Waals surface area contributed by atoms with E-state index in [0.29, 0.717) is 48.4 Å². The van der Waals surface area contributed by atoms with Gasteiger partial charge in [0.25, 0.3) is 11.8 Å². The van der Waals surface area contributed by atoms with E-state index in [9.17, 15) is 19.2 Å². The van der Waals surface area contributed by atoms with Crippen LogP contribution >= 0.6 is 0 Å². The molecule has 286 valence electrons. The monoisotopic (exact) mass is 750 g/mol. The van der Waals surface area contributed by atoms with E-state index in [1.807, 2.05) is 52.5 Å². The molecule has 0 spiro atoms. The van der Waals surface area contributed by atoms with E-state index in [-0.39, 0.29) is 40.9 Å². The molecule has 2 aliphatic carbocycles. The minimum atomic E-state index is -1.08. The lowest BCUT2D eigenvalue weighted by molar-refractivity contribution is -0.176. The van der Waals surface area contributed by atoms with E-state index in [1.165, 1.54) is 12.5 Å². The summed E-state index contributed by atoms with van der Waals surface area (Å²) in [4.78, 5) is 63.4. The van der Waals surface area contributed by atoms with Gasteiger partial charge in [-0.05, 0) is 113 Å². The third-order valence-corrected chi connectivity index (χ3v) is 10.5. The van der Waals surface area contributed by atoms with Gasteiger partial charge in [-0.2, -0.15) is 0 Å². The van der Waals surface area contributed by atoms with Gasteiger partial charge < -0.3 is 54.2 Å². The number of hydrogen-bond donors (Lipinski definition) is 4. The van der Waals surface area contributed by atoms with Gasteiger partial charge in [0.15, 0.2) is 11.5 Å². The number of H-pyrrole nitrogens is 2. The van der Waals surface area contributed by atoms with Crippen molar-refractivity contribution >= 4 is 56.9 Å². The lowest BCUT2D eigenvalue weighted by Crippen LogP contribution is -2.38. The second-order valence-electron chi connectivity index (χ2n) is 14.3. The lowest BCUT2D eigenvalue weighted by atomic mass is 9.88. The molecule has 4 heterocycles. The SMILES string of the molecule is CN(C)C1Cc2c([nH]c3ccc(NC(=O)c4ccco4)cc23)C(OC(=O)C(=O)OC2CC(N(C)C)Cc3c2[nH]c2ccc(NC(=O)c4ccco4)cc32)C1.O. The van der Waals surface area contributed by atoms with Crippen LogP contribution in [0, 0.1) is 0 Å². The number of likely N-dealkylation sites (N-methyl/N-ethyl adjacent to an activating group) is 2. The number of aromatic nitrogens is 2. The van der Waals surface area contributed by atoms with Crippen molar-refractivity contribution in [1.29, 1.82) is 0 Å². The van der Waals surface area contributed by atoms with Crippen LogP contribution in [0.4, 0.5) is 11.4 Å². The molecule has 2 amide bonds. The van der Waals surface area contributed by atoms with Crippen LogP contribution in [0.5, 0.6) is 0 Å². The highest BCUT2D eigenvalue weighted by Crippen LogP contribution is 2.41. The van der Waals surface area contributed by atoms with Crippen LogP contribution in [0.3, 0.4) is 0 Å². The summed E-state index contributed by atoms with van der Waals surface area (Å²) in [5.41, 5.74) is 6.09. The number of hydrogen-bond acceptors (Lipinski definition) is 10. The first-order valence-electron chi connectivity index (χ1n) is 17.8. The highest BCUT2D eigenvalue weighted by atomic mass is 16.6. The van der Waals surface area contributed by atoms with Crippen molar-refractivity contribution in [2.75, 3.05) is 38.8 Å². The van der Waals surface area contributed by atoms with Gasteiger partial charge in [0.05, 0.1) is 23.9 Å². The number of amides is 2. The van der Waals surface area contributed by atoms with Gasteiger partial charge >= 0.3 is 11.9 Å². The number of ether oxygens (including phenoxy) is 2. The Morgan fingerprint density at radius 1 is 0.655 bits per heavy atom. The number of esters is 2. The Hall–Kier alpha value is -6.16. The van der Waals surface area contributed by atoms with Crippen LogP contribution < -0.4 is 10.6 Å². The fourth-order valence-corrected chi connectivity index (χ4v) is 7.61. The molecule has 0 bridgehead atoms. The molecule has 15 heteroatoms. The van der Waals surface area contributed by atoms with E-state index < -0.39 is 24.1 Å². The van der Waals surface area contributed by atoms with Crippen molar-refractivity contribution < 1.29 is 43.0 Å². The molecule has 4 aromatic heterocycles. The molecule has 0 fully saturated rings. The summed E-state index contributed by atoms with van der Waals surface area (Å²) >= 11 is 0. The summed E-state index contributed by atoms with van der Waals surface area (Å²) < 4.78 is 22.4. The zero-order chi connectivity index (χ0) is 37.7. The number of fused-ring (bicyclic) bond motifs is 6. The minimum absolute atomic E-state index is 0. The van der Waals surface area contributed by atoms with Crippen molar-refractivity contribution in [3.63, 3.8) is 0 Å². The van der Waals surface area contributed by atoms with Crippen molar-refractivity contribution in [2.24, 2.45) is 0 Å². The standard InChI is InChI=1S/C40H40N6O8.H2O/c1-45(2)23-17-27-25-15-21(41-37(47)31-7-5-13-51-31)9-11-29(25)43-35(27)33(19-23)53-39(49)40(50)54-34-20-24(46(3)4)18-28-26-16-22(10-12-30(26)44-36(28)34)42-38(48)32-8-6-14-52-32;/h5-16,23-24,33-34,43-44H,17-20H2,1-4H3,(H,41,47)(H,42,48);1H2. The molecule has 6 N–H and O–H groups in total. The molecule has 2 aliphatic rings. The molecule has 55 heavy (non-hydrogen) atoms. The van der Waals surface area contributed by atoms with Crippen LogP contribution in [0.15, 0.2) is 82.0 Å². The Bertz CT molecular complexity index is 2210.